The van der Waals surface area contributed by atoms with Gasteiger partial charge in [0.15, 0.2) is 0 Å². The molecule has 0 aliphatic heterocycles. The minimum atomic E-state index is -1.21. The van der Waals surface area contributed by atoms with Gasteiger partial charge in [-0.15, -0.1) is 0 Å². The summed E-state index contributed by atoms with van der Waals surface area (Å²) < 4.78 is 0. The van der Waals surface area contributed by atoms with E-state index in [1.165, 1.54) is 12.1 Å². The lowest BCUT2D eigenvalue weighted by Crippen LogP contribution is -2.47. The van der Waals surface area contributed by atoms with Crippen LogP contribution in [0.3, 0.4) is 0 Å². The topological polar surface area (TPSA) is 98.7 Å². The van der Waals surface area contributed by atoms with E-state index in [4.69, 9.17) is 5.11 Å². The first-order valence-electron chi connectivity index (χ1n) is 6.45. The van der Waals surface area contributed by atoms with Crippen molar-refractivity contribution in [3.8, 4) is 5.75 Å². The van der Waals surface area contributed by atoms with Crippen LogP contribution < -0.4 is 10.6 Å². The van der Waals surface area contributed by atoms with Gasteiger partial charge in [0.05, 0.1) is 11.3 Å². The third kappa shape index (κ3) is 3.20. The highest BCUT2D eigenvalue weighted by Gasteiger charge is 2.38. The van der Waals surface area contributed by atoms with Crippen LogP contribution in [0.4, 0.5) is 10.5 Å². The molecule has 0 radical (unpaired) electrons. The van der Waals surface area contributed by atoms with Gasteiger partial charge < -0.3 is 20.8 Å². The number of aromatic carboxylic acids is 1. The molecule has 0 aromatic heterocycles. The van der Waals surface area contributed by atoms with Crippen molar-refractivity contribution in [2.24, 2.45) is 5.92 Å². The highest BCUT2D eigenvalue weighted by molar-refractivity contribution is 6.00. The molecule has 1 aromatic rings. The van der Waals surface area contributed by atoms with Gasteiger partial charge in [0.25, 0.3) is 0 Å². The van der Waals surface area contributed by atoms with Crippen molar-refractivity contribution in [3.63, 3.8) is 0 Å². The van der Waals surface area contributed by atoms with Crippen LogP contribution in [0.1, 0.15) is 37.0 Å². The number of urea groups is 1. The Morgan fingerprint density at radius 3 is 2.50 bits per heavy atom. The number of nitrogens with one attached hydrogen (secondary N) is 2. The molecule has 0 heterocycles. The van der Waals surface area contributed by atoms with E-state index < -0.39 is 12.0 Å². The maximum atomic E-state index is 11.9. The standard InChI is InChI=1S/C14H18N2O4/c1-14(2,8-3-4-8)16-13(20)15-11-6-5-9(17)7-10(11)12(18)19/h5-8,17H,3-4H2,1-2H3,(H,18,19)(H2,15,16,20). The van der Waals surface area contributed by atoms with Crippen LogP contribution >= 0.6 is 0 Å². The SMILES string of the molecule is CC(C)(NC(=O)Nc1ccc(O)cc1C(=O)O)C1CC1. The molecular formula is C14H18N2O4. The largest absolute Gasteiger partial charge is 0.508 e. The molecule has 0 atom stereocenters. The number of phenols is 1. The first-order chi connectivity index (χ1) is 9.29. The van der Waals surface area contributed by atoms with Gasteiger partial charge in [-0.25, -0.2) is 9.59 Å². The molecule has 0 spiro atoms. The molecule has 108 valence electrons. The fourth-order valence-corrected chi connectivity index (χ4v) is 2.17. The van der Waals surface area contributed by atoms with E-state index in [0.717, 1.165) is 18.9 Å². The summed E-state index contributed by atoms with van der Waals surface area (Å²) >= 11 is 0. The molecular weight excluding hydrogens is 260 g/mol. The summed E-state index contributed by atoms with van der Waals surface area (Å²) in [4.78, 5) is 23.0. The van der Waals surface area contributed by atoms with Gasteiger partial charge in [-0.1, -0.05) is 0 Å². The third-order valence-electron chi connectivity index (χ3n) is 3.52. The molecule has 4 N–H and O–H groups in total. The summed E-state index contributed by atoms with van der Waals surface area (Å²) in [6.45, 7) is 3.89. The molecule has 0 bridgehead atoms. The Morgan fingerprint density at radius 1 is 1.30 bits per heavy atom. The molecule has 6 nitrogen and oxygen atoms in total. The van der Waals surface area contributed by atoms with Gasteiger partial charge in [-0.2, -0.15) is 0 Å². The lowest BCUT2D eigenvalue weighted by Gasteiger charge is -2.26. The maximum absolute atomic E-state index is 11.9. The second-order valence-electron chi connectivity index (χ2n) is 5.61. The Balaban J connectivity index is 2.09. The number of carboxylic acid groups (broad SMARTS) is 1. The summed E-state index contributed by atoms with van der Waals surface area (Å²) in [7, 11) is 0. The van der Waals surface area contributed by atoms with Gasteiger partial charge in [0, 0.05) is 5.54 Å². The molecule has 0 unspecified atom stereocenters. The summed E-state index contributed by atoms with van der Waals surface area (Å²) in [5.74, 6) is -0.906. The molecule has 1 aliphatic rings. The first kappa shape index (κ1) is 14.2. The molecule has 6 heteroatoms. The van der Waals surface area contributed by atoms with E-state index in [2.05, 4.69) is 10.6 Å². The molecule has 1 fully saturated rings. The monoisotopic (exact) mass is 278 g/mol. The number of hydrogen-bond donors (Lipinski definition) is 4. The zero-order valence-electron chi connectivity index (χ0n) is 11.4. The molecule has 20 heavy (non-hydrogen) atoms. The summed E-state index contributed by atoms with van der Waals surface area (Å²) in [5.41, 5.74) is -0.312. The van der Waals surface area contributed by atoms with Crippen LogP contribution in [0, 0.1) is 5.92 Å². The Bertz CT molecular complexity index is 550. The third-order valence-corrected chi connectivity index (χ3v) is 3.52. The van der Waals surface area contributed by atoms with Crippen LogP contribution in [0.25, 0.3) is 0 Å². The Morgan fingerprint density at radius 2 is 1.95 bits per heavy atom. The number of phenolic OH excluding ortho intramolecular Hbond substituents is 1. The van der Waals surface area contributed by atoms with Crippen molar-refractivity contribution in [2.45, 2.75) is 32.2 Å². The number of carbonyl (C=O) groups is 2. The number of carbonyl (C=O) groups excluding carboxylic acids is 1. The average molecular weight is 278 g/mol. The molecule has 0 saturated heterocycles. The Hall–Kier alpha value is -2.24. The summed E-state index contributed by atoms with van der Waals surface area (Å²) in [5, 5.41) is 23.7. The highest BCUT2D eigenvalue weighted by atomic mass is 16.4. The fraction of sp³-hybridized carbons (Fsp3) is 0.429. The number of hydrogen-bond acceptors (Lipinski definition) is 3. The smallest absolute Gasteiger partial charge is 0.337 e. The minimum Gasteiger partial charge on any atom is -0.508 e. The van der Waals surface area contributed by atoms with Crippen LogP contribution in [0.15, 0.2) is 18.2 Å². The second kappa shape index (κ2) is 5.03. The molecule has 1 aromatic carbocycles. The maximum Gasteiger partial charge on any atom is 0.337 e. The first-order valence-corrected chi connectivity index (χ1v) is 6.45. The fourth-order valence-electron chi connectivity index (χ4n) is 2.17. The van der Waals surface area contributed by atoms with E-state index >= 15 is 0 Å². The number of amides is 2. The number of anilines is 1. The summed E-state index contributed by atoms with van der Waals surface area (Å²) in [6, 6.07) is 3.34. The molecule has 1 saturated carbocycles. The quantitative estimate of drug-likeness (QED) is 0.635. The van der Waals surface area contributed by atoms with Crippen molar-refractivity contribution in [1.82, 2.24) is 5.32 Å². The van der Waals surface area contributed by atoms with E-state index in [1.807, 2.05) is 13.8 Å². The predicted octanol–water partition coefficient (Wildman–Crippen LogP) is 2.40. The number of rotatable bonds is 4. The predicted molar refractivity (Wildman–Crippen MR) is 74.0 cm³/mol. The highest BCUT2D eigenvalue weighted by Crippen LogP contribution is 2.39. The second-order valence-corrected chi connectivity index (χ2v) is 5.61. The number of aromatic hydroxyl groups is 1. The Kier molecular flexibility index (Phi) is 3.57. The van der Waals surface area contributed by atoms with Crippen molar-refractivity contribution in [1.29, 1.82) is 0 Å². The van der Waals surface area contributed by atoms with Crippen LogP contribution in [-0.4, -0.2) is 27.8 Å². The number of benzene rings is 1. The van der Waals surface area contributed by atoms with Gasteiger partial charge in [0.2, 0.25) is 0 Å². The van der Waals surface area contributed by atoms with Crippen LogP contribution in [0.5, 0.6) is 5.75 Å². The average Bonchev–Trinajstić information content (AvgIpc) is 3.14. The van der Waals surface area contributed by atoms with Crippen molar-refractivity contribution >= 4 is 17.7 Å². The normalized spacial score (nSPS) is 14.7. The van der Waals surface area contributed by atoms with Crippen molar-refractivity contribution in [3.05, 3.63) is 23.8 Å². The van der Waals surface area contributed by atoms with E-state index in [9.17, 15) is 14.7 Å². The van der Waals surface area contributed by atoms with Gasteiger partial charge in [-0.05, 0) is 50.8 Å². The van der Waals surface area contributed by atoms with E-state index in [0.29, 0.717) is 5.92 Å². The summed E-state index contributed by atoms with van der Waals surface area (Å²) in [6.07, 6.45) is 2.18. The van der Waals surface area contributed by atoms with Crippen molar-refractivity contribution < 1.29 is 19.8 Å². The molecule has 2 amide bonds. The minimum absolute atomic E-state index is 0.149. The zero-order valence-corrected chi connectivity index (χ0v) is 11.4. The van der Waals surface area contributed by atoms with E-state index in [1.54, 1.807) is 0 Å². The van der Waals surface area contributed by atoms with Gasteiger partial charge in [-0.3, -0.25) is 0 Å². The van der Waals surface area contributed by atoms with Crippen LogP contribution in [-0.2, 0) is 0 Å². The molecule has 2 rings (SSSR count). The Labute approximate surface area is 116 Å². The van der Waals surface area contributed by atoms with Crippen molar-refractivity contribution in [2.75, 3.05) is 5.32 Å². The zero-order chi connectivity index (χ0) is 14.9. The van der Waals surface area contributed by atoms with E-state index in [-0.39, 0.29) is 22.5 Å². The molecule has 1 aliphatic carbocycles. The van der Waals surface area contributed by atoms with Crippen LogP contribution in [0.2, 0.25) is 0 Å². The lowest BCUT2D eigenvalue weighted by atomic mass is 9.99. The number of carboxylic acids is 1. The van der Waals surface area contributed by atoms with Gasteiger partial charge in [0.1, 0.15) is 5.75 Å². The lowest BCUT2D eigenvalue weighted by molar-refractivity contribution is 0.0697. The van der Waals surface area contributed by atoms with Gasteiger partial charge >= 0.3 is 12.0 Å².